The van der Waals surface area contributed by atoms with Crippen molar-refractivity contribution in [2.75, 3.05) is 31.0 Å². The van der Waals surface area contributed by atoms with Gasteiger partial charge in [-0.3, -0.25) is 0 Å². The van der Waals surface area contributed by atoms with Crippen LogP contribution < -0.4 is 14.5 Å². The average Bonchev–Trinajstić information content (AvgIpc) is 2.97. The Labute approximate surface area is 166 Å². The Bertz CT molecular complexity index is 971. The van der Waals surface area contributed by atoms with Crippen LogP contribution in [0.25, 0.3) is 0 Å². The van der Waals surface area contributed by atoms with Gasteiger partial charge in [0, 0.05) is 26.2 Å². The molecule has 3 rings (SSSR count). The number of nitrogens with zero attached hydrogens (tertiary/aromatic N) is 2. The van der Waals surface area contributed by atoms with Gasteiger partial charge in [-0.05, 0) is 36.2 Å². The third kappa shape index (κ3) is 3.41. The van der Waals surface area contributed by atoms with E-state index in [0.717, 1.165) is 16.9 Å². The minimum atomic E-state index is -3.63. The lowest BCUT2D eigenvalue weighted by atomic mass is 10.2. The van der Waals surface area contributed by atoms with E-state index in [2.05, 4.69) is 0 Å². The Kier molecular flexibility index (Phi) is 5.44. The van der Waals surface area contributed by atoms with Gasteiger partial charge in [0.2, 0.25) is 0 Å². The molecule has 1 aliphatic heterocycles. The average molecular weight is 405 g/mol. The van der Waals surface area contributed by atoms with Gasteiger partial charge >= 0.3 is 0 Å². The quantitative estimate of drug-likeness (QED) is 0.685. The maximum absolute atomic E-state index is 13.5. The topological polar surface area (TPSA) is 49.9 Å². The molecule has 0 saturated heterocycles. The van der Waals surface area contributed by atoms with Crippen LogP contribution >= 0.6 is 12.2 Å². The molecule has 1 aliphatic rings. The van der Waals surface area contributed by atoms with Crippen LogP contribution in [0.1, 0.15) is 18.9 Å². The molecule has 0 bridgehead atoms. The van der Waals surface area contributed by atoms with Crippen molar-refractivity contribution < 1.29 is 13.2 Å². The fourth-order valence-electron chi connectivity index (χ4n) is 3.49. The summed E-state index contributed by atoms with van der Waals surface area (Å²) in [6.45, 7) is 1.88. The molecule has 0 N–H and O–H groups in total. The van der Waals surface area contributed by atoms with E-state index in [1.54, 1.807) is 30.2 Å². The molecule has 0 spiro atoms. The Morgan fingerprint density at radius 2 is 1.93 bits per heavy atom. The highest BCUT2D eigenvalue weighted by Crippen LogP contribution is 2.37. The van der Waals surface area contributed by atoms with Crippen molar-refractivity contribution in [1.82, 2.24) is 0 Å². The van der Waals surface area contributed by atoms with Crippen LogP contribution in [-0.2, 0) is 16.3 Å². The normalized spacial score (nSPS) is 14.8. The van der Waals surface area contributed by atoms with Gasteiger partial charge < -0.3 is 14.5 Å². The number of fused-ring (bicyclic) bond motifs is 1. The van der Waals surface area contributed by atoms with E-state index in [9.17, 15) is 8.42 Å². The van der Waals surface area contributed by atoms with Gasteiger partial charge in [-0.15, -0.1) is 0 Å². The first-order chi connectivity index (χ1) is 12.8. The zero-order chi connectivity index (χ0) is 19.8. The molecule has 0 radical (unpaired) electrons. The summed E-state index contributed by atoms with van der Waals surface area (Å²) in [4.78, 5) is 4.56. The minimum Gasteiger partial charge on any atom is -0.495 e. The predicted molar refractivity (Wildman–Crippen MR) is 114 cm³/mol. The van der Waals surface area contributed by atoms with E-state index < -0.39 is 15.2 Å². The Morgan fingerprint density at radius 3 is 2.56 bits per heavy atom. The van der Waals surface area contributed by atoms with Gasteiger partial charge in [0.05, 0.1) is 22.7 Å². The lowest BCUT2D eigenvalue weighted by Crippen LogP contribution is -2.42. The number of hydrogen-bond donors (Lipinski definition) is 0. The van der Waals surface area contributed by atoms with Crippen LogP contribution in [0.3, 0.4) is 0 Å². The number of methoxy groups -OCH3 is 1. The molecule has 1 unspecified atom stereocenters. The molecule has 2 aromatic rings. The van der Waals surface area contributed by atoms with Crippen molar-refractivity contribution in [2.24, 2.45) is 0 Å². The van der Waals surface area contributed by atoms with Crippen molar-refractivity contribution in [3.05, 3.63) is 48.0 Å². The van der Waals surface area contributed by atoms with E-state index in [4.69, 9.17) is 17.0 Å². The molecule has 0 fully saturated rings. The number of rotatable bonds is 6. The largest absolute Gasteiger partial charge is 0.495 e. The van der Waals surface area contributed by atoms with Crippen LogP contribution in [0.15, 0.2) is 47.4 Å². The van der Waals surface area contributed by atoms with Gasteiger partial charge in [0.1, 0.15) is 11.1 Å². The van der Waals surface area contributed by atoms with Crippen molar-refractivity contribution in [3.8, 4) is 5.75 Å². The summed E-state index contributed by atoms with van der Waals surface area (Å²) in [6.07, 6.45) is 1.03. The third-order valence-electron chi connectivity index (χ3n) is 4.82. The highest BCUT2D eigenvalue weighted by molar-refractivity contribution is 7.92. The smallest absolute Gasteiger partial charge is 0.199 e. The Morgan fingerprint density at radius 1 is 1.22 bits per heavy atom. The predicted octanol–water partition coefficient (Wildman–Crippen LogP) is 3.66. The molecule has 1 atom stereocenters. The van der Waals surface area contributed by atoms with E-state index in [1.807, 2.05) is 50.2 Å². The molecule has 0 aromatic heterocycles. The highest BCUT2D eigenvalue weighted by atomic mass is 32.2. The van der Waals surface area contributed by atoms with Crippen molar-refractivity contribution in [1.29, 1.82) is 0 Å². The van der Waals surface area contributed by atoms with Gasteiger partial charge in [-0.1, -0.05) is 37.3 Å². The minimum absolute atomic E-state index is 0.269. The van der Waals surface area contributed by atoms with Crippen LogP contribution in [0.4, 0.5) is 11.4 Å². The molecule has 5 nitrogen and oxygen atoms in total. The molecule has 1 heterocycles. The van der Waals surface area contributed by atoms with Crippen LogP contribution in [0.5, 0.6) is 5.75 Å². The Hall–Kier alpha value is -2.12. The number of sulfone groups is 1. The lowest BCUT2D eigenvalue weighted by molar-refractivity contribution is 0.415. The molecule has 0 amide bonds. The molecule has 0 aliphatic carbocycles. The maximum atomic E-state index is 13.5. The van der Waals surface area contributed by atoms with Gasteiger partial charge in [-0.2, -0.15) is 0 Å². The monoisotopic (exact) mass is 404 g/mol. The molecular weight excluding hydrogens is 380 g/mol. The summed E-state index contributed by atoms with van der Waals surface area (Å²) in [7, 11) is 1.66. The summed E-state index contributed by atoms with van der Waals surface area (Å²) in [5, 5.41) is -0.739. The maximum Gasteiger partial charge on any atom is 0.199 e. The molecule has 27 heavy (non-hydrogen) atoms. The fourth-order valence-corrected chi connectivity index (χ4v) is 5.74. The zero-order valence-corrected chi connectivity index (χ0v) is 17.6. The highest BCUT2D eigenvalue weighted by Gasteiger charge is 2.38. The lowest BCUT2D eigenvalue weighted by Gasteiger charge is -2.29. The first-order valence-corrected chi connectivity index (χ1v) is 10.8. The van der Waals surface area contributed by atoms with E-state index >= 15 is 0 Å². The second-order valence-corrected chi connectivity index (χ2v) is 9.28. The summed E-state index contributed by atoms with van der Waals surface area (Å²) in [5.41, 5.74) is 2.68. The summed E-state index contributed by atoms with van der Waals surface area (Å²) in [6, 6.07) is 12.8. The number of ether oxygens (including phenoxy) is 1. The van der Waals surface area contributed by atoms with E-state index in [0.29, 0.717) is 23.6 Å². The standard InChI is InChI=1S/C20H24N2O3S2/c1-5-20(22-16-9-7-6-8-14(16)12-19(22)26)27(23,24)15-10-11-18(25-4)17(13-15)21(2)3/h6-11,13,20H,5,12H2,1-4H3. The van der Waals surface area contributed by atoms with Crippen molar-refractivity contribution in [2.45, 2.75) is 30.0 Å². The number of hydrogen-bond acceptors (Lipinski definition) is 5. The van der Waals surface area contributed by atoms with Crippen LogP contribution in [0, 0.1) is 0 Å². The summed E-state index contributed by atoms with van der Waals surface area (Å²) in [5.74, 6) is 0.633. The fraction of sp³-hybridized carbons (Fsp3) is 0.350. The van der Waals surface area contributed by atoms with Crippen LogP contribution in [0.2, 0.25) is 0 Å². The number of anilines is 2. The molecule has 144 valence electrons. The van der Waals surface area contributed by atoms with E-state index in [-0.39, 0.29) is 4.90 Å². The number of benzene rings is 2. The van der Waals surface area contributed by atoms with Gasteiger partial charge in [-0.25, -0.2) is 8.42 Å². The second-order valence-electron chi connectivity index (χ2n) is 6.71. The van der Waals surface area contributed by atoms with Gasteiger partial charge in [0.25, 0.3) is 0 Å². The molecule has 7 heteroatoms. The molecular formula is C20H24N2O3S2. The van der Waals surface area contributed by atoms with Crippen LogP contribution in [-0.4, -0.2) is 40.0 Å². The third-order valence-corrected chi connectivity index (χ3v) is 7.33. The molecule has 0 saturated carbocycles. The number of thiocarbonyl (C=S) groups is 1. The Balaban J connectivity index is 2.08. The van der Waals surface area contributed by atoms with Crippen molar-refractivity contribution in [3.63, 3.8) is 0 Å². The summed E-state index contributed by atoms with van der Waals surface area (Å²) < 4.78 is 32.4. The van der Waals surface area contributed by atoms with Gasteiger partial charge in [0.15, 0.2) is 9.84 Å². The second kappa shape index (κ2) is 7.48. The van der Waals surface area contributed by atoms with E-state index in [1.165, 1.54) is 0 Å². The van der Waals surface area contributed by atoms with Crippen molar-refractivity contribution >= 4 is 38.4 Å². The summed E-state index contributed by atoms with van der Waals surface area (Å²) >= 11 is 5.55. The first kappa shape index (κ1) is 19.6. The molecule has 2 aromatic carbocycles. The SMILES string of the molecule is CCC(N1C(=S)Cc2ccccc21)S(=O)(=O)c1ccc(OC)c(N(C)C)c1. The zero-order valence-electron chi connectivity index (χ0n) is 16.0. The first-order valence-electron chi connectivity index (χ1n) is 8.80. The number of para-hydroxylation sites is 1.